The van der Waals surface area contributed by atoms with Gasteiger partial charge in [0.15, 0.2) is 0 Å². The Balaban J connectivity index is 2.18. The van der Waals surface area contributed by atoms with Gasteiger partial charge in [-0.25, -0.2) is 9.37 Å². The lowest BCUT2D eigenvalue weighted by Gasteiger charge is -2.14. The zero-order chi connectivity index (χ0) is 13.8. The molecule has 1 atom stereocenters. The van der Waals surface area contributed by atoms with Crippen LogP contribution in [-0.2, 0) is 0 Å². The highest BCUT2D eigenvalue weighted by atomic mass is 32.1. The van der Waals surface area contributed by atoms with Gasteiger partial charge in [0, 0.05) is 7.05 Å². The number of nitrogens with one attached hydrogen (secondary N) is 2. The van der Waals surface area contributed by atoms with Crippen LogP contribution in [0.25, 0.3) is 0 Å². The van der Waals surface area contributed by atoms with Crippen LogP contribution in [-0.4, -0.2) is 17.9 Å². The van der Waals surface area contributed by atoms with E-state index >= 15 is 0 Å². The SMILES string of the molecule is CNc1ncc(F)cc1C(=O)NC(C)c1ccsc1. The number of anilines is 1. The van der Waals surface area contributed by atoms with Gasteiger partial charge >= 0.3 is 0 Å². The molecule has 2 rings (SSSR count). The van der Waals surface area contributed by atoms with Crippen LogP contribution in [0.1, 0.15) is 28.9 Å². The van der Waals surface area contributed by atoms with E-state index in [4.69, 9.17) is 0 Å². The van der Waals surface area contributed by atoms with Gasteiger partial charge < -0.3 is 10.6 Å². The highest BCUT2D eigenvalue weighted by Crippen LogP contribution is 2.18. The third kappa shape index (κ3) is 3.08. The minimum atomic E-state index is -0.535. The van der Waals surface area contributed by atoms with E-state index in [1.54, 1.807) is 18.4 Å². The Morgan fingerprint density at radius 1 is 1.53 bits per heavy atom. The van der Waals surface area contributed by atoms with E-state index in [2.05, 4.69) is 15.6 Å². The monoisotopic (exact) mass is 279 g/mol. The molecule has 0 aromatic carbocycles. The van der Waals surface area contributed by atoms with Gasteiger partial charge in [-0.3, -0.25) is 4.79 Å². The Morgan fingerprint density at radius 2 is 2.32 bits per heavy atom. The van der Waals surface area contributed by atoms with Gasteiger partial charge in [-0.1, -0.05) is 0 Å². The van der Waals surface area contributed by atoms with Crippen molar-refractivity contribution >= 4 is 23.1 Å². The molecular formula is C13H14FN3OS. The summed E-state index contributed by atoms with van der Waals surface area (Å²) in [6, 6.07) is 2.99. The minimum Gasteiger partial charge on any atom is -0.372 e. The van der Waals surface area contributed by atoms with Gasteiger partial charge in [-0.05, 0) is 35.4 Å². The van der Waals surface area contributed by atoms with Gasteiger partial charge in [0.05, 0.1) is 17.8 Å². The van der Waals surface area contributed by atoms with E-state index in [0.29, 0.717) is 5.82 Å². The van der Waals surface area contributed by atoms with Gasteiger partial charge in [-0.2, -0.15) is 11.3 Å². The average Bonchev–Trinajstić information content (AvgIpc) is 2.92. The van der Waals surface area contributed by atoms with Crippen LogP contribution < -0.4 is 10.6 Å². The van der Waals surface area contributed by atoms with Crippen LogP contribution in [0.4, 0.5) is 10.2 Å². The third-order valence-corrected chi connectivity index (χ3v) is 3.43. The number of halogens is 1. The van der Waals surface area contributed by atoms with E-state index < -0.39 is 5.82 Å². The molecule has 19 heavy (non-hydrogen) atoms. The summed E-state index contributed by atoms with van der Waals surface area (Å²) >= 11 is 1.56. The third-order valence-electron chi connectivity index (χ3n) is 2.73. The maximum absolute atomic E-state index is 13.2. The molecule has 0 saturated carbocycles. The zero-order valence-electron chi connectivity index (χ0n) is 10.6. The first-order valence-corrected chi connectivity index (χ1v) is 6.72. The highest BCUT2D eigenvalue weighted by molar-refractivity contribution is 7.07. The summed E-state index contributed by atoms with van der Waals surface area (Å²) in [6.45, 7) is 1.88. The Morgan fingerprint density at radius 3 is 2.95 bits per heavy atom. The topological polar surface area (TPSA) is 54.0 Å². The molecule has 0 aliphatic carbocycles. The zero-order valence-corrected chi connectivity index (χ0v) is 11.4. The van der Waals surface area contributed by atoms with Crippen molar-refractivity contribution in [1.82, 2.24) is 10.3 Å². The number of thiophene rings is 1. The highest BCUT2D eigenvalue weighted by Gasteiger charge is 2.16. The quantitative estimate of drug-likeness (QED) is 0.905. The van der Waals surface area contributed by atoms with Crippen molar-refractivity contribution in [2.45, 2.75) is 13.0 Å². The van der Waals surface area contributed by atoms with Crippen molar-refractivity contribution in [3.05, 3.63) is 46.0 Å². The molecule has 6 heteroatoms. The van der Waals surface area contributed by atoms with Crippen molar-refractivity contribution in [3.8, 4) is 0 Å². The molecule has 100 valence electrons. The average molecular weight is 279 g/mol. The van der Waals surface area contributed by atoms with E-state index in [9.17, 15) is 9.18 Å². The number of nitrogens with zero attached hydrogens (tertiary/aromatic N) is 1. The predicted molar refractivity (Wildman–Crippen MR) is 73.9 cm³/mol. The number of rotatable bonds is 4. The maximum Gasteiger partial charge on any atom is 0.255 e. The van der Waals surface area contributed by atoms with Gasteiger partial charge in [0.1, 0.15) is 11.6 Å². The number of aromatic nitrogens is 1. The fraction of sp³-hybridized carbons (Fsp3) is 0.231. The molecule has 2 aromatic rings. The summed E-state index contributed by atoms with van der Waals surface area (Å²) in [6.07, 6.45) is 1.07. The van der Waals surface area contributed by atoms with E-state index in [-0.39, 0.29) is 17.5 Å². The second-order valence-corrected chi connectivity index (χ2v) is 4.83. The van der Waals surface area contributed by atoms with Gasteiger partial charge in [-0.15, -0.1) is 0 Å². The van der Waals surface area contributed by atoms with Crippen LogP contribution in [0.5, 0.6) is 0 Å². The van der Waals surface area contributed by atoms with Crippen LogP contribution in [0.2, 0.25) is 0 Å². The largest absolute Gasteiger partial charge is 0.372 e. The second-order valence-electron chi connectivity index (χ2n) is 4.05. The minimum absolute atomic E-state index is 0.133. The van der Waals surface area contributed by atoms with Gasteiger partial charge in [0.25, 0.3) is 5.91 Å². The Hall–Kier alpha value is -1.95. The number of hydrogen-bond acceptors (Lipinski definition) is 4. The summed E-state index contributed by atoms with van der Waals surface area (Å²) in [5.41, 5.74) is 1.22. The standard InChI is InChI=1S/C13H14FN3OS/c1-8(9-3-4-19-7-9)17-13(18)11-5-10(14)6-16-12(11)15-2/h3-8H,1-2H3,(H,15,16)(H,17,18). The Labute approximate surface area is 114 Å². The molecule has 2 heterocycles. The summed E-state index contributed by atoms with van der Waals surface area (Å²) in [4.78, 5) is 16.0. The molecule has 0 bridgehead atoms. The molecular weight excluding hydrogens is 265 g/mol. The van der Waals surface area contributed by atoms with Crippen molar-refractivity contribution < 1.29 is 9.18 Å². The van der Waals surface area contributed by atoms with Crippen LogP contribution in [0.15, 0.2) is 29.1 Å². The summed E-state index contributed by atoms with van der Waals surface area (Å²) in [5, 5.41) is 9.51. The lowest BCUT2D eigenvalue weighted by molar-refractivity contribution is 0.0940. The molecule has 4 nitrogen and oxygen atoms in total. The molecule has 1 amide bonds. The van der Waals surface area contributed by atoms with Gasteiger partial charge in [0.2, 0.25) is 0 Å². The molecule has 0 aliphatic heterocycles. The fourth-order valence-corrected chi connectivity index (χ4v) is 2.44. The molecule has 0 aliphatic rings. The molecule has 2 N–H and O–H groups in total. The molecule has 0 radical (unpaired) electrons. The smallest absolute Gasteiger partial charge is 0.255 e. The van der Waals surface area contributed by atoms with E-state index in [1.165, 1.54) is 6.07 Å². The maximum atomic E-state index is 13.2. The molecule has 1 unspecified atom stereocenters. The Kier molecular flexibility index (Phi) is 4.11. The fourth-order valence-electron chi connectivity index (χ4n) is 1.69. The van der Waals surface area contributed by atoms with Crippen molar-refractivity contribution in [2.24, 2.45) is 0 Å². The van der Waals surface area contributed by atoms with Crippen molar-refractivity contribution in [3.63, 3.8) is 0 Å². The number of carbonyl (C=O) groups excluding carboxylic acids is 1. The first-order valence-electron chi connectivity index (χ1n) is 5.78. The first kappa shape index (κ1) is 13.5. The predicted octanol–water partition coefficient (Wildman–Crippen LogP) is 2.81. The molecule has 0 saturated heterocycles. The lowest BCUT2D eigenvalue weighted by atomic mass is 10.1. The number of pyridine rings is 1. The number of carbonyl (C=O) groups is 1. The lowest BCUT2D eigenvalue weighted by Crippen LogP contribution is -2.27. The summed E-state index contributed by atoms with van der Waals surface area (Å²) in [5.74, 6) is -0.529. The molecule has 0 spiro atoms. The summed E-state index contributed by atoms with van der Waals surface area (Å²) < 4.78 is 13.2. The first-order chi connectivity index (χ1) is 9.11. The van der Waals surface area contributed by atoms with Crippen molar-refractivity contribution in [2.75, 3.05) is 12.4 Å². The molecule has 2 aromatic heterocycles. The summed E-state index contributed by atoms with van der Waals surface area (Å²) in [7, 11) is 1.64. The van der Waals surface area contributed by atoms with Crippen LogP contribution in [0.3, 0.4) is 0 Å². The Bertz CT molecular complexity index is 571. The number of hydrogen-bond donors (Lipinski definition) is 2. The number of amides is 1. The molecule has 0 fully saturated rings. The van der Waals surface area contributed by atoms with Crippen LogP contribution in [0, 0.1) is 5.82 Å². The van der Waals surface area contributed by atoms with E-state index in [0.717, 1.165) is 11.8 Å². The normalized spacial score (nSPS) is 11.9. The van der Waals surface area contributed by atoms with Crippen LogP contribution >= 0.6 is 11.3 Å². The van der Waals surface area contributed by atoms with Crippen molar-refractivity contribution in [1.29, 1.82) is 0 Å². The second kappa shape index (κ2) is 5.79. The van der Waals surface area contributed by atoms with E-state index in [1.807, 2.05) is 23.8 Å².